The van der Waals surface area contributed by atoms with Crippen LogP contribution in [0, 0.1) is 6.92 Å². The smallest absolute Gasteiger partial charge is 0.257 e. The molecule has 184 valence electrons. The molecule has 1 aromatic carbocycles. The van der Waals surface area contributed by atoms with Crippen LogP contribution in [-0.4, -0.2) is 70.9 Å². The summed E-state index contributed by atoms with van der Waals surface area (Å²) in [5.41, 5.74) is 1.77. The molecular weight excluding hydrogens is 466 g/mol. The Labute approximate surface area is 208 Å². The zero-order valence-electron chi connectivity index (χ0n) is 20.3. The SMILES string of the molecule is Cc1csc(NC(=O)c2cc(Oc3ccc(C(=O)N4CCN(C)CC4)cc3)nc(OC(C)C)c2)n1. The molecule has 35 heavy (non-hydrogen) atoms. The van der Waals surface area contributed by atoms with Crippen LogP contribution in [0.3, 0.4) is 0 Å². The van der Waals surface area contributed by atoms with E-state index >= 15 is 0 Å². The maximum atomic E-state index is 12.8. The quantitative estimate of drug-likeness (QED) is 0.528. The fourth-order valence-corrected chi connectivity index (χ4v) is 4.21. The van der Waals surface area contributed by atoms with Crippen molar-refractivity contribution < 1.29 is 19.1 Å². The lowest BCUT2D eigenvalue weighted by Crippen LogP contribution is -2.47. The van der Waals surface area contributed by atoms with Crippen LogP contribution < -0.4 is 14.8 Å². The fourth-order valence-electron chi connectivity index (χ4n) is 3.53. The number of aryl methyl sites for hydroxylation is 1. The van der Waals surface area contributed by atoms with Crippen LogP contribution in [0.15, 0.2) is 41.8 Å². The van der Waals surface area contributed by atoms with Crippen molar-refractivity contribution in [3.8, 4) is 17.5 Å². The number of rotatable bonds is 7. The molecule has 1 saturated heterocycles. The molecular formula is C25H29N5O4S. The van der Waals surface area contributed by atoms with E-state index in [1.807, 2.05) is 31.1 Å². The van der Waals surface area contributed by atoms with Gasteiger partial charge < -0.3 is 19.3 Å². The second-order valence-electron chi connectivity index (χ2n) is 8.67. The standard InChI is InChI=1S/C25H29N5O4S/c1-16(2)33-21-13-19(23(31)28-25-26-17(3)15-35-25)14-22(27-21)34-20-7-5-18(6-8-20)24(32)30-11-9-29(4)10-12-30/h5-8,13-16H,9-12H2,1-4H3,(H,26,28,31). The lowest BCUT2D eigenvalue weighted by Gasteiger charge is -2.32. The van der Waals surface area contributed by atoms with Crippen molar-refractivity contribution in [2.75, 3.05) is 38.5 Å². The molecule has 1 N–H and O–H groups in total. The molecule has 0 bridgehead atoms. The Hall–Kier alpha value is -3.50. The van der Waals surface area contributed by atoms with Gasteiger partial charge in [0.25, 0.3) is 11.8 Å². The number of likely N-dealkylation sites (N-methyl/N-ethyl adjacent to an activating group) is 1. The third kappa shape index (κ3) is 6.55. The molecule has 3 heterocycles. The van der Waals surface area contributed by atoms with Crippen molar-refractivity contribution in [3.05, 3.63) is 58.6 Å². The molecule has 0 unspecified atom stereocenters. The number of ether oxygens (including phenoxy) is 2. The van der Waals surface area contributed by atoms with E-state index in [1.54, 1.807) is 36.4 Å². The van der Waals surface area contributed by atoms with Gasteiger partial charge >= 0.3 is 0 Å². The van der Waals surface area contributed by atoms with Gasteiger partial charge in [0.05, 0.1) is 17.4 Å². The first-order valence-electron chi connectivity index (χ1n) is 11.4. The number of pyridine rings is 1. The van der Waals surface area contributed by atoms with Gasteiger partial charge in [-0.15, -0.1) is 11.3 Å². The Kier molecular flexibility index (Phi) is 7.62. The number of aromatic nitrogens is 2. The summed E-state index contributed by atoms with van der Waals surface area (Å²) in [5, 5.41) is 5.16. The van der Waals surface area contributed by atoms with Gasteiger partial charge in [-0.25, -0.2) is 4.98 Å². The number of piperazine rings is 1. The fraction of sp³-hybridized carbons (Fsp3) is 0.360. The highest BCUT2D eigenvalue weighted by Gasteiger charge is 2.20. The van der Waals surface area contributed by atoms with E-state index in [-0.39, 0.29) is 29.7 Å². The first-order chi connectivity index (χ1) is 16.8. The first-order valence-corrected chi connectivity index (χ1v) is 12.3. The van der Waals surface area contributed by atoms with Crippen molar-refractivity contribution in [1.82, 2.24) is 19.8 Å². The highest BCUT2D eigenvalue weighted by molar-refractivity contribution is 7.13. The van der Waals surface area contributed by atoms with E-state index in [1.165, 1.54) is 11.3 Å². The molecule has 2 amide bonds. The van der Waals surface area contributed by atoms with Crippen LogP contribution in [0.5, 0.6) is 17.5 Å². The summed E-state index contributed by atoms with van der Waals surface area (Å²) in [6, 6.07) is 10.0. The minimum Gasteiger partial charge on any atom is -0.475 e. The molecule has 1 aliphatic heterocycles. The van der Waals surface area contributed by atoms with Crippen LogP contribution in [0.1, 0.15) is 40.3 Å². The monoisotopic (exact) mass is 495 g/mol. The van der Waals surface area contributed by atoms with Crippen LogP contribution in [0.4, 0.5) is 5.13 Å². The average Bonchev–Trinajstić information content (AvgIpc) is 3.23. The van der Waals surface area contributed by atoms with Gasteiger partial charge in [0, 0.05) is 49.3 Å². The summed E-state index contributed by atoms with van der Waals surface area (Å²) in [6.45, 7) is 8.78. The van der Waals surface area contributed by atoms with Crippen molar-refractivity contribution >= 4 is 28.3 Å². The Morgan fingerprint density at radius 3 is 2.31 bits per heavy atom. The molecule has 1 fully saturated rings. The van der Waals surface area contributed by atoms with E-state index in [2.05, 4.69) is 27.2 Å². The Bertz CT molecular complexity index is 1190. The second kappa shape index (κ2) is 10.8. The Balaban J connectivity index is 1.49. The number of amides is 2. The lowest BCUT2D eigenvalue weighted by molar-refractivity contribution is 0.0664. The molecule has 10 heteroatoms. The number of carbonyl (C=O) groups is 2. The molecule has 0 atom stereocenters. The number of nitrogens with zero attached hydrogens (tertiary/aromatic N) is 4. The van der Waals surface area contributed by atoms with E-state index in [4.69, 9.17) is 9.47 Å². The summed E-state index contributed by atoms with van der Waals surface area (Å²) >= 11 is 1.35. The number of benzene rings is 1. The van der Waals surface area contributed by atoms with Gasteiger partial charge in [-0.3, -0.25) is 14.9 Å². The van der Waals surface area contributed by atoms with Gasteiger partial charge in [0.1, 0.15) is 5.75 Å². The van der Waals surface area contributed by atoms with Crippen molar-refractivity contribution in [1.29, 1.82) is 0 Å². The Morgan fingerprint density at radius 2 is 1.69 bits per heavy atom. The Morgan fingerprint density at radius 1 is 1.00 bits per heavy atom. The maximum absolute atomic E-state index is 12.8. The van der Waals surface area contributed by atoms with Crippen LogP contribution in [-0.2, 0) is 0 Å². The summed E-state index contributed by atoms with van der Waals surface area (Å²) in [6.07, 6.45) is -0.129. The summed E-state index contributed by atoms with van der Waals surface area (Å²) in [7, 11) is 2.05. The third-order valence-corrected chi connectivity index (χ3v) is 6.23. The predicted molar refractivity (Wildman–Crippen MR) is 135 cm³/mol. The minimum absolute atomic E-state index is 0.00601. The molecule has 0 radical (unpaired) electrons. The molecule has 3 aromatic rings. The molecule has 0 saturated carbocycles. The largest absolute Gasteiger partial charge is 0.475 e. The van der Waals surface area contributed by atoms with E-state index in [9.17, 15) is 9.59 Å². The zero-order chi connectivity index (χ0) is 24.9. The summed E-state index contributed by atoms with van der Waals surface area (Å²) in [4.78, 5) is 38.3. The summed E-state index contributed by atoms with van der Waals surface area (Å²) in [5.74, 6) is 0.650. The lowest BCUT2D eigenvalue weighted by atomic mass is 10.1. The van der Waals surface area contributed by atoms with Gasteiger partial charge in [0.15, 0.2) is 5.13 Å². The average molecular weight is 496 g/mol. The molecule has 4 rings (SSSR count). The zero-order valence-corrected chi connectivity index (χ0v) is 21.1. The van der Waals surface area contributed by atoms with Gasteiger partial charge in [-0.05, 0) is 52.1 Å². The number of anilines is 1. The highest BCUT2D eigenvalue weighted by Crippen LogP contribution is 2.26. The third-order valence-electron chi connectivity index (χ3n) is 5.35. The van der Waals surface area contributed by atoms with Gasteiger partial charge in [-0.1, -0.05) is 0 Å². The van der Waals surface area contributed by atoms with E-state index < -0.39 is 0 Å². The van der Waals surface area contributed by atoms with Crippen LogP contribution in [0.2, 0.25) is 0 Å². The van der Waals surface area contributed by atoms with Crippen molar-refractivity contribution in [2.24, 2.45) is 0 Å². The molecule has 0 spiro atoms. The highest BCUT2D eigenvalue weighted by atomic mass is 32.1. The molecule has 0 aliphatic carbocycles. The van der Waals surface area contributed by atoms with Gasteiger partial charge in [-0.2, -0.15) is 4.98 Å². The van der Waals surface area contributed by atoms with Crippen LogP contribution >= 0.6 is 11.3 Å². The number of nitrogens with one attached hydrogen (secondary N) is 1. The molecule has 1 aliphatic rings. The topological polar surface area (TPSA) is 96.9 Å². The minimum atomic E-state index is -0.340. The number of hydrogen-bond donors (Lipinski definition) is 1. The van der Waals surface area contributed by atoms with Crippen molar-refractivity contribution in [3.63, 3.8) is 0 Å². The van der Waals surface area contributed by atoms with Gasteiger partial charge in [0.2, 0.25) is 11.8 Å². The van der Waals surface area contributed by atoms with Crippen molar-refractivity contribution in [2.45, 2.75) is 26.9 Å². The summed E-state index contributed by atoms with van der Waals surface area (Å²) < 4.78 is 11.6. The van der Waals surface area contributed by atoms with Crippen LogP contribution in [0.25, 0.3) is 0 Å². The molecule has 9 nitrogen and oxygen atoms in total. The number of thiazole rings is 1. The molecule has 2 aromatic heterocycles. The maximum Gasteiger partial charge on any atom is 0.257 e. The second-order valence-corrected chi connectivity index (χ2v) is 9.53. The first kappa shape index (κ1) is 24.6. The van der Waals surface area contributed by atoms with E-state index in [0.717, 1.165) is 18.8 Å². The predicted octanol–water partition coefficient (Wildman–Crippen LogP) is 4.07. The van der Waals surface area contributed by atoms with E-state index in [0.29, 0.717) is 35.1 Å². The number of hydrogen-bond acceptors (Lipinski definition) is 8. The number of carbonyl (C=O) groups excluding carboxylic acids is 2. The normalized spacial score (nSPS) is 14.1.